The first kappa shape index (κ1) is 29.9. The van der Waals surface area contributed by atoms with Gasteiger partial charge in [-0.3, -0.25) is 9.88 Å². The van der Waals surface area contributed by atoms with E-state index in [2.05, 4.69) is 53.1 Å². The Labute approximate surface area is 244 Å². The molecule has 0 aliphatic carbocycles. The Kier molecular flexibility index (Phi) is 9.05. The Morgan fingerprint density at radius 3 is 2.45 bits per heavy atom. The number of morpholine rings is 1. The third-order valence-corrected chi connectivity index (χ3v) is 7.24. The highest BCUT2D eigenvalue weighted by Gasteiger charge is 2.34. The molecule has 0 radical (unpaired) electrons. The van der Waals surface area contributed by atoms with Gasteiger partial charge in [-0.15, -0.1) is 0 Å². The van der Waals surface area contributed by atoms with Crippen molar-refractivity contribution >= 4 is 22.4 Å². The van der Waals surface area contributed by atoms with E-state index in [1.807, 2.05) is 12.1 Å². The summed E-state index contributed by atoms with van der Waals surface area (Å²) < 4.78 is 52.5. The van der Waals surface area contributed by atoms with E-state index in [1.54, 1.807) is 18.2 Å². The Morgan fingerprint density at radius 2 is 1.74 bits per heavy atom. The van der Waals surface area contributed by atoms with Crippen molar-refractivity contribution in [3.05, 3.63) is 77.7 Å². The summed E-state index contributed by atoms with van der Waals surface area (Å²) in [6.07, 6.45) is -2.31. The minimum absolute atomic E-state index is 0.0174. The van der Waals surface area contributed by atoms with Gasteiger partial charge in [0.25, 0.3) is 0 Å². The SMILES string of the molecule is CC(C)(C)c1ccc(Nc2nc(COCCCN3CCOCC3)nc3cc(-c4ncccc4C(F)(F)F)ccc23)cc1. The lowest BCUT2D eigenvalue weighted by molar-refractivity contribution is -0.137. The van der Waals surface area contributed by atoms with Crippen LogP contribution in [0.25, 0.3) is 22.2 Å². The molecule has 1 aliphatic rings. The number of fused-ring (bicyclic) bond motifs is 1. The molecule has 0 bridgehead atoms. The molecule has 3 heterocycles. The highest BCUT2D eigenvalue weighted by molar-refractivity contribution is 5.93. The van der Waals surface area contributed by atoms with E-state index in [1.165, 1.54) is 17.8 Å². The minimum Gasteiger partial charge on any atom is -0.379 e. The van der Waals surface area contributed by atoms with Crippen LogP contribution in [-0.2, 0) is 27.7 Å². The molecule has 0 unspecified atom stereocenters. The zero-order chi connectivity index (χ0) is 29.7. The molecule has 1 N–H and O–H groups in total. The number of benzene rings is 2. The van der Waals surface area contributed by atoms with Gasteiger partial charge < -0.3 is 14.8 Å². The number of rotatable bonds is 9. The predicted molar refractivity (Wildman–Crippen MR) is 158 cm³/mol. The normalized spacial score (nSPS) is 14.8. The fourth-order valence-corrected chi connectivity index (χ4v) is 4.92. The zero-order valence-electron chi connectivity index (χ0n) is 24.2. The summed E-state index contributed by atoms with van der Waals surface area (Å²) in [5.74, 6) is 0.996. The van der Waals surface area contributed by atoms with E-state index in [4.69, 9.17) is 14.5 Å². The van der Waals surface area contributed by atoms with Crippen LogP contribution in [0.1, 0.15) is 44.1 Å². The van der Waals surface area contributed by atoms with Crippen molar-refractivity contribution in [2.45, 2.75) is 45.4 Å². The average Bonchev–Trinajstić information content (AvgIpc) is 2.96. The van der Waals surface area contributed by atoms with Gasteiger partial charge in [-0.05, 0) is 53.8 Å². The maximum atomic E-state index is 13.7. The number of pyridine rings is 1. The number of nitrogens with zero attached hydrogens (tertiary/aromatic N) is 4. The highest BCUT2D eigenvalue weighted by Crippen LogP contribution is 2.37. The van der Waals surface area contributed by atoms with Crippen LogP contribution in [-0.4, -0.2) is 59.3 Å². The number of hydrogen-bond donors (Lipinski definition) is 1. The second-order valence-electron chi connectivity index (χ2n) is 11.4. The Hall–Kier alpha value is -3.60. The Balaban J connectivity index is 1.42. The molecule has 0 atom stereocenters. The first-order chi connectivity index (χ1) is 20.1. The average molecular weight is 580 g/mol. The first-order valence-electron chi connectivity index (χ1n) is 14.2. The van der Waals surface area contributed by atoms with Gasteiger partial charge in [0, 0.05) is 49.1 Å². The standard InChI is InChI=1S/C32H36F3N5O2/c1-31(2,3)23-8-10-24(11-9-23)37-30-25-12-7-22(29-26(32(33,34)35)6-4-13-36-29)20-27(25)38-28(39-30)21-42-17-5-14-40-15-18-41-19-16-40/h4,6-13,20H,5,14-19,21H2,1-3H3,(H,37,38,39). The van der Waals surface area contributed by atoms with Gasteiger partial charge in [0.15, 0.2) is 5.82 Å². The smallest absolute Gasteiger partial charge is 0.379 e. The van der Waals surface area contributed by atoms with Gasteiger partial charge in [0.05, 0.1) is 30.0 Å². The quantitative estimate of drug-likeness (QED) is 0.214. The predicted octanol–water partition coefficient (Wildman–Crippen LogP) is 6.99. The van der Waals surface area contributed by atoms with E-state index in [-0.39, 0.29) is 17.7 Å². The second kappa shape index (κ2) is 12.7. The molecule has 42 heavy (non-hydrogen) atoms. The lowest BCUT2D eigenvalue weighted by Crippen LogP contribution is -2.37. The first-order valence-corrected chi connectivity index (χ1v) is 14.2. The maximum absolute atomic E-state index is 13.7. The molecule has 5 rings (SSSR count). The van der Waals surface area contributed by atoms with Crippen LogP contribution >= 0.6 is 0 Å². The summed E-state index contributed by atoms with van der Waals surface area (Å²) in [4.78, 5) is 15.8. The minimum atomic E-state index is -4.53. The largest absolute Gasteiger partial charge is 0.418 e. The van der Waals surface area contributed by atoms with E-state index >= 15 is 0 Å². The van der Waals surface area contributed by atoms with Crippen molar-refractivity contribution in [2.24, 2.45) is 0 Å². The molecule has 4 aromatic rings. The fraction of sp³-hybridized carbons (Fsp3) is 0.406. The van der Waals surface area contributed by atoms with Gasteiger partial charge in [-0.2, -0.15) is 13.2 Å². The lowest BCUT2D eigenvalue weighted by atomic mass is 9.87. The molecule has 1 saturated heterocycles. The molecular formula is C32H36F3N5O2. The van der Waals surface area contributed by atoms with Crippen molar-refractivity contribution in [1.82, 2.24) is 19.9 Å². The molecule has 0 saturated carbocycles. The molecule has 0 spiro atoms. The summed E-state index contributed by atoms with van der Waals surface area (Å²) in [6, 6.07) is 15.4. The van der Waals surface area contributed by atoms with Gasteiger partial charge in [-0.1, -0.05) is 39.0 Å². The monoisotopic (exact) mass is 579 g/mol. The molecular weight excluding hydrogens is 543 g/mol. The van der Waals surface area contributed by atoms with Crippen molar-refractivity contribution in [3.8, 4) is 11.3 Å². The van der Waals surface area contributed by atoms with Gasteiger partial charge in [0.2, 0.25) is 0 Å². The van der Waals surface area contributed by atoms with Crippen LogP contribution in [0.5, 0.6) is 0 Å². The van der Waals surface area contributed by atoms with Gasteiger partial charge in [-0.25, -0.2) is 9.97 Å². The Bertz CT molecular complexity index is 1500. The molecule has 222 valence electrons. The topological polar surface area (TPSA) is 72.4 Å². The van der Waals surface area contributed by atoms with E-state index in [9.17, 15) is 13.2 Å². The van der Waals surface area contributed by atoms with Crippen LogP contribution in [0.2, 0.25) is 0 Å². The molecule has 0 amide bonds. The van der Waals surface area contributed by atoms with E-state index in [0.29, 0.717) is 34.7 Å². The maximum Gasteiger partial charge on any atom is 0.418 e. The number of alkyl halides is 3. The molecule has 1 fully saturated rings. The third-order valence-electron chi connectivity index (χ3n) is 7.24. The van der Waals surface area contributed by atoms with Crippen LogP contribution in [0.4, 0.5) is 24.7 Å². The summed E-state index contributed by atoms with van der Waals surface area (Å²) in [5.41, 5.74) is 1.96. The van der Waals surface area contributed by atoms with Crippen LogP contribution in [0, 0.1) is 0 Å². The van der Waals surface area contributed by atoms with E-state index in [0.717, 1.165) is 51.0 Å². The summed E-state index contributed by atoms with van der Waals surface area (Å²) in [6.45, 7) is 11.5. The molecule has 1 aliphatic heterocycles. The van der Waals surface area contributed by atoms with Gasteiger partial charge >= 0.3 is 6.18 Å². The highest BCUT2D eigenvalue weighted by atomic mass is 19.4. The number of ether oxygens (including phenoxy) is 2. The van der Waals surface area contributed by atoms with Gasteiger partial charge in [0.1, 0.15) is 12.4 Å². The number of nitrogens with one attached hydrogen (secondary N) is 1. The fourth-order valence-electron chi connectivity index (χ4n) is 4.92. The van der Waals surface area contributed by atoms with Crippen molar-refractivity contribution in [3.63, 3.8) is 0 Å². The number of anilines is 2. The summed E-state index contributed by atoms with van der Waals surface area (Å²) in [5, 5.41) is 4.06. The number of hydrogen-bond acceptors (Lipinski definition) is 7. The van der Waals surface area contributed by atoms with Crippen molar-refractivity contribution in [2.75, 3.05) is 44.8 Å². The molecule has 10 heteroatoms. The zero-order valence-corrected chi connectivity index (χ0v) is 24.2. The van der Waals surface area contributed by atoms with Crippen molar-refractivity contribution < 1.29 is 22.6 Å². The Morgan fingerprint density at radius 1 is 0.976 bits per heavy atom. The summed E-state index contributed by atoms with van der Waals surface area (Å²) >= 11 is 0. The lowest BCUT2D eigenvalue weighted by Gasteiger charge is -2.26. The number of halogens is 3. The third kappa shape index (κ3) is 7.42. The molecule has 2 aromatic carbocycles. The number of aromatic nitrogens is 3. The second-order valence-corrected chi connectivity index (χ2v) is 11.4. The van der Waals surface area contributed by atoms with Crippen LogP contribution < -0.4 is 5.32 Å². The van der Waals surface area contributed by atoms with E-state index < -0.39 is 11.7 Å². The summed E-state index contributed by atoms with van der Waals surface area (Å²) in [7, 11) is 0. The molecule has 2 aromatic heterocycles. The van der Waals surface area contributed by atoms with Crippen LogP contribution in [0.3, 0.4) is 0 Å². The van der Waals surface area contributed by atoms with Crippen molar-refractivity contribution in [1.29, 1.82) is 0 Å². The van der Waals surface area contributed by atoms with Crippen LogP contribution in [0.15, 0.2) is 60.8 Å². The molecule has 7 nitrogen and oxygen atoms in total.